The second-order valence-corrected chi connectivity index (χ2v) is 4.84. The Bertz CT molecular complexity index is 367. The molecule has 0 amide bonds. The number of nitrogens with two attached hydrogens (primary N) is 1. The lowest BCUT2D eigenvalue weighted by Gasteiger charge is -2.31. The van der Waals surface area contributed by atoms with Crippen LogP contribution in [0.5, 0.6) is 0 Å². The number of nitrogens with one attached hydrogen (secondary N) is 1. The molecule has 0 saturated carbocycles. The Morgan fingerprint density at radius 1 is 1.44 bits per heavy atom. The van der Waals surface area contributed by atoms with Crippen LogP contribution in [0.1, 0.15) is 25.5 Å². The van der Waals surface area contributed by atoms with Gasteiger partial charge in [0.15, 0.2) is 0 Å². The summed E-state index contributed by atoms with van der Waals surface area (Å²) in [4.78, 5) is 2.25. The number of nitrogens with zero attached hydrogens (tertiary/aromatic N) is 1. The van der Waals surface area contributed by atoms with E-state index in [1.165, 1.54) is 0 Å². The van der Waals surface area contributed by atoms with Crippen LogP contribution in [0.25, 0.3) is 0 Å². The van der Waals surface area contributed by atoms with Crippen molar-refractivity contribution in [2.75, 3.05) is 6.54 Å². The van der Waals surface area contributed by atoms with Gasteiger partial charge in [0.25, 0.3) is 0 Å². The fourth-order valence-electron chi connectivity index (χ4n) is 2.33. The molecule has 3 nitrogen and oxygen atoms in total. The molecule has 0 aromatic heterocycles. The van der Waals surface area contributed by atoms with Crippen LogP contribution in [-0.2, 0) is 0 Å². The van der Waals surface area contributed by atoms with Crippen LogP contribution >= 0.6 is 11.6 Å². The molecular formula is C12H18ClN3. The molecule has 88 valence electrons. The van der Waals surface area contributed by atoms with Crippen LogP contribution in [0.4, 0.5) is 0 Å². The molecule has 1 aliphatic heterocycles. The first-order valence-electron chi connectivity index (χ1n) is 5.62. The second kappa shape index (κ2) is 4.72. The van der Waals surface area contributed by atoms with Gasteiger partial charge < -0.3 is 5.73 Å². The minimum Gasteiger partial charge on any atom is -0.303 e. The van der Waals surface area contributed by atoms with E-state index in [0.717, 1.165) is 17.1 Å². The van der Waals surface area contributed by atoms with Crippen LogP contribution in [0.15, 0.2) is 24.3 Å². The first-order chi connectivity index (χ1) is 7.61. The van der Waals surface area contributed by atoms with Gasteiger partial charge in [0.05, 0.1) is 6.04 Å². The summed E-state index contributed by atoms with van der Waals surface area (Å²) < 4.78 is 0. The fraction of sp³-hybridized carbons (Fsp3) is 0.500. The van der Waals surface area contributed by atoms with Crippen molar-refractivity contribution in [3.05, 3.63) is 34.9 Å². The van der Waals surface area contributed by atoms with Crippen molar-refractivity contribution in [3.63, 3.8) is 0 Å². The highest BCUT2D eigenvalue weighted by atomic mass is 35.5. The predicted octanol–water partition coefficient (Wildman–Crippen LogP) is 1.94. The number of hydrogen-bond acceptors (Lipinski definition) is 3. The van der Waals surface area contributed by atoms with E-state index in [9.17, 15) is 0 Å². The first kappa shape index (κ1) is 11.9. The first-order valence-corrected chi connectivity index (χ1v) is 6.00. The molecule has 1 aliphatic rings. The molecule has 0 aliphatic carbocycles. The summed E-state index contributed by atoms with van der Waals surface area (Å²) in [5.41, 5.74) is 7.18. The number of hydrogen-bond donors (Lipinski definition) is 2. The highest BCUT2D eigenvalue weighted by molar-refractivity contribution is 6.31. The molecule has 1 fully saturated rings. The maximum atomic E-state index is 6.23. The summed E-state index contributed by atoms with van der Waals surface area (Å²) >= 11 is 6.23. The Labute approximate surface area is 102 Å². The average Bonchev–Trinajstić information content (AvgIpc) is 2.61. The van der Waals surface area contributed by atoms with Gasteiger partial charge in [-0.3, -0.25) is 10.2 Å². The fourth-order valence-corrected chi connectivity index (χ4v) is 2.60. The van der Waals surface area contributed by atoms with Gasteiger partial charge in [-0.05, 0) is 25.5 Å². The highest BCUT2D eigenvalue weighted by Gasteiger charge is 2.34. The quantitative estimate of drug-likeness (QED) is 0.829. The summed E-state index contributed by atoms with van der Waals surface area (Å²) in [6, 6.07) is 8.63. The number of halogens is 1. The molecule has 2 rings (SSSR count). The summed E-state index contributed by atoms with van der Waals surface area (Å²) in [5.74, 6) is 0. The van der Waals surface area contributed by atoms with E-state index in [2.05, 4.69) is 30.1 Å². The predicted molar refractivity (Wildman–Crippen MR) is 67.1 cm³/mol. The van der Waals surface area contributed by atoms with Crippen molar-refractivity contribution >= 4 is 11.6 Å². The van der Waals surface area contributed by atoms with E-state index in [-0.39, 0.29) is 12.3 Å². The average molecular weight is 240 g/mol. The van der Waals surface area contributed by atoms with Gasteiger partial charge in [-0.15, -0.1) is 0 Å². The minimum atomic E-state index is -0.0822. The normalized spacial score (nSPS) is 26.6. The molecule has 2 unspecified atom stereocenters. The smallest absolute Gasteiger partial charge is 0.112 e. The Balaban J connectivity index is 2.31. The Hall–Kier alpha value is -0.610. The monoisotopic (exact) mass is 239 g/mol. The SMILES string of the molecule is CC(C)N1C(N)NCC1c1ccccc1Cl. The molecule has 4 heteroatoms. The Morgan fingerprint density at radius 3 is 2.75 bits per heavy atom. The molecule has 1 aromatic carbocycles. The van der Waals surface area contributed by atoms with E-state index in [1.807, 2.05) is 18.2 Å². The second-order valence-electron chi connectivity index (χ2n) is 4.43. The van der Waals surface area contributed by atoms with Crippen molar-refractivity contribution < 1.29 is 0 Å². The van der Waals surface area contributed by atoms with Crippen LogP contribution < -0.4 is 11.1 Å². The lowest BCUT2D eigenvalue weighted by molar-refractivity contribution is 0.148. The maximum absolute atomic E-state index is 6.23. The van der Waals surface area contributed by atoms with Crippen molar-refractivity contribution in [2.45, 2.75) is 32.2 Å². The molecule has 2 atom stereocenters. The molecule has 0 radical (unpaired) electrons. The lowest BCUT2D eigenvalue weighted by Crippen LogP contribution is -2.47. The number of benzene rings is 1. The third-order valence-electron chi connectivity index (χ3n) is 3.06. The van der Waals surface area contributed by atoms with Crippen molar-refractivity contribution in [1.82, 2.24) is 10.2 Å². The lowest BCUT2D eigenvalue weighted by atomic mass is 10.1. The zero-order valence-corrected chi connectivity index (χ0v) is 10.4. The topological polar surface area (TPSA) is 41.3 Å². The zero-order valence-electron chi connectivity index (χ0n) is 9.65. The van der Waals surface area contributed by atoms with Crippen molar-refractivity contribution in [1.29, 1.82) is 0 Å². The third kappa shape index (κ3) is 2.09. The van der Waals surface area contributed by atoms with Gasteiger partial charge in [-0.25, -0.2) is 0 Å². The van der Waals surface area contributed by atoms with Crippen LogP contribution in [-0.4, -0.2) is 23.8 Å². The van der Waals surface area contributed by atoms with Gasteiger partial charge in [0, 0.05) is 17.6 Å². The molecule has 1 heterocycles. The van der Waals surface area contributed by atoms with Crippen molar-refractivity contribution in [3.8, 4) is 0 Å². The van der Waals surface area contributed by atoms with E-state index in [4.69, 9.17) is 17.3 Å². The van der Waals surface area contributed by atoms with Gasteiger partial charge >= 0.3 is 0 Å². The van der Waals surface area contributed by atoms with Crippen LogP contribution in [0.2, 0.25) is 5.02 Å². The molecule has 16 heavy (non-hydrogen) atoms. The van der Waals surface area contributed by atoms with E-state index < -0.39 is 0 Å². The van der Waals surface area contributed by atoms with E-state index in [0.29, 0.717) is 6.04 Å². The summed E-state index contributed by atoms with van der Waals surface area (Å²) in [6.07, 6.45) is -0.0822. The highest BCUT2D eigenvalue weighted by Crippen LogP contribution is 2.31. The molecule has 1 aromatic rings. The maximum Gasteiger partial charge on any atom is 0.112 e. The van der Waals surface area contributed by atoms with E-state index >= 15 is 0 Å². The summed E-state index contributed by atoms with van der Waals surface area (Å²) in [5, 5.41) is 4.09. The Morgan fingerprint density at radius 2 is 2.12 bits per heavy atom. The molecule has 0 bridgehead atoms. The Kier molecular flexibility index (Phi) is 3.50. The number of rotatable bonds is 2. The van der Waals surface area contributed by atoms with Crippen LogP contribution in [0, 0.1) is 0 Å². The van der Waals surface area contributed by atoms with Gasteiger partial charge in [-0.1, -0.05) is 29.8 Å². The molecular weight excluding hydrogens is 222 g/mol. The van der Waals surface area contributed by atoms with Crippen LogP contribution in [0.3, 0.4) is 0 Å². The van der Waals surface area contributed by atoms with E-state index in [1.54, 1.807) is 0 Å². The minimum absolute atomic E-state index is 0.0822. The molecule has 3 N–H and O–H groups in total. The summed E-state index contributed by atoms with van der Waals surface area (Å²) in [7, 11) is 0. The summed E-state index contributed by atoms with van der Waals surface area (Å²) in [6.45, 7) is 5.15. The largest absolute Gasteiger partial charge is 0.303 e. The van der Waals surface area contributed by atoms with Gasteiger partial charge in [0.1, 0.15) is 6.29 Å². The third-order valence-corrected chi connectivity index (χ3v) is 3.41. The standard InChI is InChI=1S/C12H18ClN3/c1-8(2)16-11(7-15-12(16)14)9-5-3-4-6-10(9)13/h3-6,8,11-12,15H,7,14H2,1-2H3. The molecule has 1 saturated heterocycles. The van der Waals surface area contributed by atoms with Crippen molar-refractivity contribution in [2.24, 2.45) is 5.73 Å². The zero-order chi connectivity index (χ0) is 11.7. The van der Waals surface area contributed by atoms with Gasteiger partial charge in [0.2, 0.25) is 0 Å². The van der Waals surface area contributed by atoms with Gasteiger partial charge in [-0.2, -0.15) is 0 Å². The molecule has 0 spiro atoms.